The van der Waals surface area contributed by atoms with Crippen molar-refractivity contribution in [2.45, 2.75) is 19.3 Å². The molecule has 1 atom stereocenters. The number of aliphatic hydroxyl groups excluding tert-OH is 1. The van der Waals surface area contributed by atoms with E-state index in [9.17, 15) is 5.11 Å². The quantitative estimate of drug-likeness (QED) is 0.559. The predicted molar refractivity (Wildman–Crippen MR) is 110 cm³/mol. The Hall–Kier alpha value is -1.83. The van der Waals surface area contributed by atoms with Crippen LogP contribution in [0.3, 0.4) is 0 Å². The molecule has 0 saturated carbocycles. The second-order valence-corrected chi connectivity index (χ2v) is 8.24. The minimum absolute atomic E-state index is 0.318. The zero-order chi connectivity index (χ0) is 20.1. The minimum atomic E-state index is -0.456. The zero-order valence-corrected chi connectivity index (χ0v) is 17.3. The molecule has 0 bridgehead atoms. The van der Waals surface area contributed by atoms with E-state index in [1.165, 1.54) is 10.5 Å². The first-order valence-electron chi connectivity index (χ1n) is 10.2. The molecule has 4 rings (SSSR count). The van der Waals surface area contributed by atoms with Crippen LogP contribution in [-0.4, -0.2) is 57.3 Å². The number of hydrogen-bond donors (Lipinski definition) is 3. The van der Waals surface area contributed by atoms with Crippen molar-refractivity contribution in [2.75, 3.05) is 46.1 Å². The van der Waals surface area contributed by atoms with Gasteiger partial charge in [-0.2, -0.15) is 0 Å². The van der Waals surface area contributed by atoms with Crippen LogP contribution >= 0.6 is 11.6 Å². The summed E-state index contributed by atoms with van der Waals surface area (Å²) in [6, 6.07) is 13.9. The highest BCUT2D eigenvalue weighted by molar-refractivity contribution is 6.31. The van der Waals surface area contributed by atoms with Gasteiger partial charge >= 0.3 is 0 Å². The molecule has 1 fully saturated rings. The molecule has 3 N–H and O–H groups in total. The van der Waals surface area contributed by atoms with Gasteiger partial charge in [0.15, 0.2) is 11.5 Å². The topological polar surface area (TPSA) is 56.8 Å². The summed E-state index contributed by atoms with van der Waals surface area (Å²) in [5, 5.41) is 11.0. The van der Waals surface area contributed by atoms with Gasteiger partial charge in [0.25, 0.3) is 0 Å². The zero-order valence-electron chi connectivity index (χ0n) is 16.5. The number of halogens is 1. The van der Waals surface area contributed by atoms with E-state index >= 15 is 0 Å². The molecule has 2 aromatic rings. The molecule has 6 nitrogen and oxygen atoms in total. The van der Waals surface area contributed by atoms with Crippen LogP contribution in [0.4, 0.5) is 0 Å². The third-order valence-electron chi connectivity index (χ3n) is 5.61. The molecule has 0 radical (unpaired) electrons. The van der Waals surface area contributed by atoms with Crippen LogP contribution in [0, 0.1) is 0 Å². The summed E-state index contributed by atoms with van der Waals surface area (Å²) in [6.45, 7) is 7.10. The molecule has 1 saturated heterocycles. The van der Waals surface area contributed by atoms with Gasteiger partial charge in [-0.05, 0) is 29.8 Å². The highest BCUT2D eigenvalue weighted by atomic mass is 35.5. The number of benzene rings is 2. The fraction of sp³-hybridized carbons (Fsp3) is 0.455. The van der Waals surface area contributed by atoms with Gasteiger partial charge in [-0.15, -0.1) is 0 Å². The second-order valence-electron chi connectivity index (χ2n) is 7.83. The number of piperazine rings is 1. The lowest BCUT2D eigenvalue weighted by atomic mass is 10.1. The molecule has 2 aliphatic heterocycles. The largest absolute Gasteiger partial charge is 0.454 e. The maximum absolute atomic E-state index is 10.3. The fourth-order valence-corrected chi connectivity index (χ4v) is 4.18. The molecule has 0 aliphatic carbocycles. The molecule has 7 heteroatoms. The second kappa shape index (κ2) is 9.78. The summed E-state index contributed by atoms with van der Waals surface area (Å²) in [7, 11) is 0. The van der Waals surface area contributed by atoms with Crippen LogP contribution in [-0.2, 0) is 17.9 Å². The van der Waals surface area contributed by atoms with Gasteiger partial charge in [0, 0.05) is 10.6 Å². The molecular weight excluding hydrogens is 392 g/mol. The predicted octanol–water partition coefficient (Wildman–Crippen LogP) is -0.0702. The van der Waals surface area contributed by atoms with E-state index in [1.54, 1.807) is 4.90 Å². The molecule has 0 spiro atoms. The van der Waals surface area contributed by atoms with Crippen molar-refractivity contribution in [1.82, 2.24) is 0 Å². The Kier molecular flexibility index (Phi) is 6.90. The Balaban J connectivity index is 1.15. The SMILES string of the molecule is O[C@@H](COCc1ccccc1Cl)C[NH+]1CC[NH+](Cc2ccc3c(c2)OCO3)CC1. The van der Waals surface area contributed by atoms with Crippen molar-refractivity contribution in [3.63, 3.8) is 0 Å². The lowest BCUT2D eigenvalue weighted by Crippen LogP contribution is -3.28. The van der Waals surface area contributed by atoms with Gasteiger partial charge in [-0.25, -0.2) is 0 Å². The average molecular weight is 421 g/mol. The van der Waals surface area contributed by atoms with E-state index in [4.69, 9.17) is 25.8 Å². The Bertz CT molecular complexity index is 811. The summed E-state index contributed by atoms with van der Waals surface area (Å²) >= 11 is 6.13. The van der Waals surface area contributed by atoms with E-state index in [0.717, 1.165) is 56.3 Å². The summed E-state index contributed by atoms with van der Waals surface area (Å²) < 4.78 is 16.5. The normalized spacial score (nSPS) is 21.9. The van der Waals surface area contributed by atoms with E-state index in [0.29, 0.717) is 25.0 Å². The van der Waals surface area contributed by atoms with Crippen molar-refractivity contribution in [3.05, 3.63) is 58.6 Å². The van der Waals surface area contributed by atoms with Crippen molar-refractivity contribution >= 4 is 11.6 Å². The monoisotopic (exact) mass is 420 g/mol. The Morgan fingerprint density at radius 2 is 1.76 bits per heavy atom. The molecule has 29 heavy (non-hydrogen) atoms. The Morgan fingerprint density at radius 1 is 1.00 bits per heavy atom. The smallest absolute Gasteiger partial charge is 0.231 e. The first-order chi connectivity index (χ1) is 14.2. The third kappa shape index (κ3) is 5.62. The van der Waals surface area contributed by atoms with Crippen LogP contribution < -0.4 is 19.3 Å². The summed E-state index contributed by atoms with van der Waals surface area (Å²) in [6.07, 6.45) is -0.456. The van der Waals surface area contributed by atoms with Crippen LogP contribution in [0.5, 0.6) is 11.5 Å². The van der Waals surface area contributed by atoms with Gasteiger partial charge in [-0.1, -0.05) is 29.8 Å². The minimum Gasteiger partial charge on any atom is -0.454 e. The molecule has 0 unspecified atom stereocenters. The van der Waals surface area contributed by atoms with Crippen molar-refractivity contribution in [3.8, 4) is 11.5 Å². The lowest BCUT2D eigenvalue weighted by molar-refractivity contribution is -1.02. The molecular formula is C22H29ClN2O4+2. The van der Waals surface area contributed by atoms with Crippen LogP contribution in [0.25, 0.3) is 0 Å². The first kappa shape index (κ1) is 20.4. The molecule has 2 heterocycles. The van der Waals surface area contributed by atoms with Gasteiger partial charge in [0.2, 0.25) is 6.79 Å². The van der Waals surface area contributed by atoms with Crippen LogP contribution in [0.1, 0.15) is 11.1 Å². The fourth-order valence-electron chi connectivity index (χ4n) is 3.99. The lowest BCUT2D eigenvalue weighted by Gasteiger charge is -2.30. The standard InChI is InChI=1S/C22H27ClN2O4/c23-20-4-2-1-3-18(20)14-27-15-19(26)13-25-9-7-24(8-10-25)12-17-5-6-21-22(11-17)29-16-28-21/h1-6,11,19,26H,7-10,12-16H2/p+2/t19-/m1/s1. The number of aliphatic hydroxyl groups is 1. The van der Waals surface area contributed by atoms with Crippen molar-refractivity contribution in [1.29, 1.82) is 0 Å². The third-order valence-corrected chi connectivity index (χ3v) is 5.97. The van der Waals surface area contributed by atoms with E-state index < -0.39 is 6.10 Å². The van der Waals surface area contributed by atoms with Crippen molar-refractivity contribution in [2.24, 2.45) is 0 Å². The molecule has 0 aromatic heterocycles. The molecule has 2 aliphatic rings. The number of nitrogens with one attached hydrogen (secondary N) is 2. The maximum atomic E-state index is 10.3. The average Bonchev–Trinajstić information content (AvgIpc) is 3.19. The molecule has 156 valence electrons. The van der Waals surface area contributed by atoms with Crippen LogP contribution in [0.15, 0.2) is 42.5 Å². The number of quaternary nitrogens is 2. The van der Waals surface area contributed by atoms with Crippen LogP contribution in [0.2, 0.25) is 5.02 Å². The number of hydrogen-bond acceptors (Lipinski definition) is 4. The summed E-state index contributed by atoms with van der Waals surface area (Å²) in [5.41, 5.74) is 2.23. The molecule has 0 amide bonds. The van der Waals surface area contributed by atoms with Gasteiger partial charge < -0.3 is 29.1 Å². The van der Waals surface area contributed by atoms with E-state index in [1.807, 2.05) is 30.3 Å². The number of ether oxygens (including phenoxy) is 3. The molecule has 2 aromatic carbocycles. The maximum Gasteiger partial charge on any atom is 0.231 e. The summed E-state index contributed by atoms with van der Waals surface area (Å²) in [4.78, 5) is 3.00. The summed E-state index contributed by atoms with van der Waals surface area (Å²) in [5.74, 6) is 1.69. The number of rotatable bonds is 8. The van der Waals surface area contributed by atoms with Gasteiger partial charge in [-0.3, -0.25) is 0 Å². The van der Waals surface area contributed by atoms with Gasteiger partial charge in [0.1, 0.15) is 45.4 Å². The highest BCUT2D eigenvalue weighted by Crippen LogP contribution is 2.32. The Morgan fingerprint density at radius 3 is 2.59 bits per heavy atom. The highest BCUT2D eigenvalue weighted by Gasteiger charge is 2.25. The number of fused-ring (bicyclic) bond motifs is 1. The first-order valence-corrected chi connectivity index (χ1v) is 10.6. The van der Waals surface area contributed by atoms with E-state index in [-0.39, 0.29) is 0 Å². The van der Waals surface area contributed by atoms with Crippen molar-refractivity contribution < 1.29 is 29.1 Å². The van der Waals surface area contributed by atoms with E-state index in [2.05, 4.69) is 12.1 Å². The Labute approximate surface area is 176 Å². The van der Waals surface area contributed by atoms with Gasteiger partial charge in [0.05, 0.1) is 13.2 Å².